The highest BCUT2D eigenvalue weighted by atomic mass is 14.9. The number of anilines is 2. The van der Waals surface area contributed by atoms with Gasteiger partial charge in [0.2, 0.25) is 0 Å². The summed E-state index contributed by atoms with van der Waals surface area (Å²) >= 11 is 0. The van der Waals surface area contributed by atoms with E-state index in [0.717, 1.165) is 40.5 Å². The predicted octanol–water partition coefficient (Wildman–Crippen LogP) is 4.45. The molecule has 3 nitrogen and oxygen atoms in total. The highest BCUT2D eigenvalue weighted by Crippen LogP contribution is 2.31. The number of hydrogen-bond acceptors (Lipinski definition) is 3. The van der Waals surface area contributed by atoms with Gasteiger partial charge in [-0.3, -0.25) is 4.98 Å². The Morgan fingerprint density at radius 1 is 1.29 bits per heavy atom. The summed E-state index contributed by atoms with van der Waals surface area (Å²) in [6.45, 7) is 3.40. The monoisotopic (exact) mass is 283 g/mol. The molecule has 2 aromatic rings. The van der Waals surface area contributed by atoms with Crippen molar-refractivity contribution >= 4 is 22.1 Å². The zero-order valence-electron chi connectivity index (χ0n) is 12.8. The first-order valence-corrected chi connectivity index (χ1v) is 8.10. The number of nitrogen functional groups attached to an aromatic ring is 1. The van der Waals surface area contributed by atoms with Crippen molar-refractivity contribution in [2.24, 2.45) is 11.8 Å². The zero-order chi connectivity index (χ0) is 14.7. The zero-order valence-corrected chi connectivity index (χ0v) is 12.8. The van der Waals surface area contributed by atoms with Gasteiger partial charge in [0.1, 0.15) is 0 Å². The molecule has 1 aromatic carbocycles. The third-order valence-corrected chi connectivity index (χ3v) is 4.77. The third kappa shape index (κ3) is 3.29. The number of nitrogens with two attached hydrogens (primary N) is 1. The summed E-state index contributed by atoms with van der Waals surface area (Å²) in [5.41, 5.74) is 8.16. The van der Waals surface area contributed by atoms with Gasteiger partial charge < -0.3 is 11.1 Å². The fourth-order valence-corrected chi connectivity index (χ4v) is 3.58. The maximum absolute atomic E-state index is 6.27. The molecule has 0 radical (unpaired) electrons. The van der Waals surface area contributed by atoms with Gasteiger partial charge in [-0.05, 0) is 36.8 Å². The van der Waals surface area contributed by atoms with Crippen LogP contribution >= 0.6 is 0 Å². The van der Waals surface area contributed by atoms with Crippen molar-refractivity contribution in [1.29, 1.82) is 0 Å². The molecule has 1 saturated carbocycles. The van der Waals surface area contributed by atoms with Crippen molar-refractivity contribution in [3.8, 4) is 0 Å². The Morgan fingerprint density at radius 3 is 3.05 bits per heavy atom. The second kappa shape index (κ2) is 6.33. The Balaban J connectivity index is 1.61. The lowest BCUT2D eigenvalue weighted by atomic mass is 9.81. The summed E-state index contributed by atoms with van der Waals surface area (Å²) in [6.07, 6.45) is 10.5. The van der Waals surface area contributed by atoms with Crippen molar-refractivity contribution in [1.82, 2.24) is 4.98 Å². The van der Waals surface area contributed by atoms with Gasteiger partial charge in [-0.15, -0.1) is 0 Å². The Bertz CT molecular complexity index is 608. The molecule has 21 heavy (non-hydrogen) atoms. The van der Waals surface area contributed by atoms with Gasteiger partial charge in [-0.25, -0.2) is 0 Å². The molecule has 0 amide bonds. The quantitative estimate of drug-likeness (QED) is 0.815. The molecule has 1 fully saturated rings. The van der Waals surface area contributed by atoms with Crippen LogP contribution in [0.5, 0.6) is 0 Å². The molecule has 1 aliphatic rings. The lowest BCUT2D eigenvalue weighted by molar-refractivity contribution is 0.274. The largest absolute Gasteiger partial charge is 0.397 e. The minimum absolute atomic E-state index is 0.840. The van der Waals surface area contributed by atoms with Gasteiger partial charge in [0.05, 0.1) is 11.4 Å². The molecule has 2 atom stereocenters. The average Bonchev–Trinajstić information content (AvgIpc) is 2.50. The van der Waals surface area contributed by atoms with Crippen molar-refractivity contribution in [3.05, 3.63) is 30.6 Å². The molecular weight excluding hydrogens is 258 g/mol. The van der Waals surface area contributed by atoms with Gasteiger partial charge in [0.15, 0.2) is 0 Å². The summed E-state index contributed by atoms with van der Waals surface area (Å²) < 4.78 is 0. The average molecular weight is 283 g/mol. The topological polar surface area (TPSA) is 50.9 Å². The lowest BCUT2D eigenvalue weighted by Gasteiger charge is -2.26. The minimum atomic E-state index is 0.840. The fourth-order valence-electron chi connectivity index (χ4n) is 3.58. The number of nitrogens with one attached hydrogen (secondary N) is 1. The normalized spacial score (nSPS) is 22.3. The van der Waals surface area contributed by atoms with Crippen LogP contribution in [0, 0.1) is 11.8 Å². The molecule has 0 aliphatic heterocycles. The van der Waals surface area contributed by atoms with E-state index in [2.05, 4.69) is 29.4 Å². The number of benzene rings is 1. The number of nitrogens with zero attached hydrogens (tertiary/aromatic N) is 1. The van der Waals surface area contributed by atoms with E-state index in [9.17, 15) is 0 Å². The van der Waals surface area contributed by atoms with E-state index in [1.54, 1.807) is 6.20 Å². The van der Waals surface area contributed by atoms with Crippen molar-refractivity contribution in [3.63, 3.8) is 0 Å². The summed E-state index contributed by atoms with van der Waals surface area (Å²) in [7, 11) is 0. The summed E-state index contributed by atoms with van der Waals surface area (Å²) in [5, 5.41) is 5.71. The van der Waals surface area contributed by atoms with E-state index >= 15 is 0 Å². The van der Waals surface area contributed by atoms with E-state index in [-0.39, 0.29) is 0 Å². The summed E-state index contributed by atoms with van der Waals surface area (Å²) in [6, 6.07) is 6.14. The number of fused-ring (bicyclic) bond motifs is 1. The van der Waals surface area contributed by atoms with Crippen molar-refractivity contribution < 1.29 is 0 Å². The summed E-state index contributed by atoms with van der Waals surface area (Å²) in [4.78, 5) is 4.14. The first-order valence-electron chi connectivity index (χ1n) is 8.10. The van der Waals surface area contributed by atoms with Crippen LogP contribution in [0.15, 0.2) is 30.6 Å². The molecule has 0 spiro atoms. The number of pyridine rings is 1. The lowest BCUT2D eigenvalue weighted by Crippen LogP contribution is -2.16. The Hall–Kier alpha value is -1.77. The minimum Gasteiger partial charge on any atom is -0.397 e. The van der Waals surface area contributed by atoms with Crippen LogP contribution in [0.3, 0.4) is 0 Å². The maximum atomic E-state index is 6.27. The molecule has 1 heterocycles. The molecule has 112 valence electrons. The van der Waals surface area contributed by atoms with Gasteiger partial charge >= 0.3 is 0 Å². The first kappa shape index (κ1) is 14.2. The van der Waals surface area contributed by atoms with E-state index in [0.29, 0.717) is 0 Å². The highest BCUT2D eigenvalue weighted by Gasteiger charge is 2.18. The van der Waals surface area contributed by atoms with Gasteiger partial charge in [0.25, 0.3) is 0 Å². The second-order valence-electron chi connectivity index (χ2n) is 6.48. The standard InChI is InChI=1S/C18H25N3/c1-13-3-2-4-14(11-13)7-10-21-17-6-5-15-12-20-9-8-16(15)18(17)19/h5-6,8-9,12-14,21H,2-4,7,10-11,19H2,1H3. The number of aromatic nitrogens is 1. The van der Waals surface area contributed by atoms with Crippen LogP contribution in [0.4, 0.5) is 11.4 Å². The van der Waals surface area contributed by atoms with E-state index in [4.69, 9.17) is 5.73 Å². The molecule has 3 heteroatoms. The van der Waals surface area contributed by atoms with Crippen LogP contribution in [-0.4, -0.2) is 11.5 Å². The van der Waals surface area contributed by atoms with Crippen molar-refractivity contribution in [2.75, 3.05) is 17.6 Å². The van der Waals surface area contributed by atoms with Crippen LogP contribution in [0.25, 0.3) is 10.8 Å². The number of hydrogen-bond donors (Lipinski definition) is 2. The van der Waals surface area contributed by atoms with E-state index in [1.165, 1.54) is 32.1 Å². The molecule has 1 aliphatic carbocycles. The first-order chi connectivity index (χ1) is 10.2. The second-order valence-corrected chi connectivity index (χ2v) is 6.48. The highest BCUT2D eigenvalue weighted by molar-refractivity contribution is 5.98. The van der Waals surface area contributed by atoms with Gasteiger partial charge in [0, 0.05) is 29.7 Å². The van der Waals surface area contributed by atoms with E-state index in [1.807, 2.05) is 12.3 Å². The van der Waals surface area contributed by atoms with Crippen molar-refractivity contribution in [2.45, 2.75) is 39.0 Å². The molecule has 0 bridgehead atoms. The Kier molecular flexibility index (Phi) is 4.28. The fraction of sp³-hybridized carbons (Fsp3) is 0.500. The molecule has 0 saturated heterocycles. The SMILES string of the molecule is CC1CCCC(CCNc2ccc3cnccc3c2N)C1. The van der Waals surface area contributed by atoms with Crippen LogP contribution in [0.2, 0.25) is 0 Å². The van der Waals surface area contributed by atoms with Crippen LogP contribution in [-0.2, 0) is 0 Å². The molecule has 3 N–H and O–H groups in total. The smallest absolute Gasteiger partial charge is 0.0630 e. The predicted molar refractivity (Wildman–Crippen MR) is 90.4 cm³/mol. The van der Waals surface area contributed by atoms with Gasteiger partial charge in [-0.2, -0.15) is 0 Å². The molecule has 3 rings (SSSR count). The molecule has 1 aromatic heterocycles. The van der Waals surface area contributed by atoms with Gasteiger partial charge in [-0.1, -0.05) is 32.3 Å². The van der Waals surface area contributed by atoms with Crippen LogP contribution < -0.4 is 11.1 Å². The third-order valence-electron chi connectivity index (χ3n) is 4.77. The Labute approximate surface area is 127 Å². The molecule has 2 unspecified atom stereocenters. The Morgan fingerprint density at radius 2 is 2.19 bits per heavy atom. The van der Waals surface area contributed by atoms with Crippen LogP contribution in [0.1, 0.15) is 39.0 Å². The number of rotatable bonds is 4. The summed E-state index contributed by atoms with van der Waals surface area (Å²) in [5.74, 6) is 1.79. The maximum Gasteiger partial charge on any atom is 0.0630 e. The molecular formula is C18H25N3. The van der Waals surface area contributed by atoms with E-state index < -0.39 is 0 Å².